The first-order chi connectivity index (χ1) is 9.81. The third-order valence-electron chi connectivity index (χ3n) is 2.23. The van der Waals surface area contributed by atoms with Crippen LogP contribution < -0.4 is 0 Å². The molecule has 1 aromatic heterocycles. The van der Waals surface area contributed by atoms with Gasteiger partial charge >= 0.3 is 0 Å². The Morgan fingerprint density at radius 1 is 1.05 bits per heavy atom. The molecule has 0 unspecified atom stereocenters. The highest BCUT2D eigenvalue weighted by Crippen LogP contribution is 2.17. The summed E-state index contributed by atoms with van der Waals surface area (Å²) < 4.78 is 3.67. The van der Waals surface area contributed by atoms with E-state index in [4.69, 9.17) is 36.7 Å². The Balaban J connectivity index is 0.000000383. The molecule has 0 aliphatic rings. The SMILES string of the molecule is CN(C)C(=S)SC(=S)N(C)C.S.S=c1[nH]c2ccccc2s1. The number of benzene rings is 1. The molecule has 0 saturated carbocycles. The second-order valence-electron chi connectivity index (χ2n) is 4.43. The van der Waals surface area contributed by atoms with E-state index >= 15 is 0 Å². The molecule has 9 heteroatoms. The minimum atomic E-state index is 0. The van der Waals surface area contributed by atoms with E-state index in [1.807, 2.05) is 56.2 Å². The summed E-state index contributed by atoms with van der Waals surface area (Å²) >= 11 is 18.1. The quantitative estimate of drug-likeness (QED) is 0.643. The first-order valence-electron chi connectivity index (χ1n) is 5.99. The number of nitrogens with one attached hydrogen (secondary N) is 1. The largest absolute Gasteiger partial charge is 0.363 e. The fourth-order valence-electron chi connectivity index (χ4n) is 1.15. The third kappa shape index (κ3) is 7.38. The molecular formula is C13H19N3S6. The highest BCUT2D eigenvalue weighted by atomic mass is 32.2. The van der Waals surface area contributed by atoms with Crippen LogP contribution in [-0.4, -0.2) is 51.6 Å². The van der Waals surface area contributed by atoms with Gasteiger partial charge in [-0.2, -0.15) is 13.5 Å². The van der Waals surface area contributed by atoms with E-state index in [1.54, 1.807) is 11.3 Å². The van der Waals surface area contributed by atoms with Gasteiger partial charge in [0.25, 0.3) is 0 Å². The number of thioether (sulfide) groups is 1. The van der Waals surface area contributed by atoms with Crippen LogP contribution in [0.2, 0.25) is 0 Å². The van der Waals surface area contributed by atoms with Crippen molar-refractivity contribution in [1.29, 1.82) is 0 Å². The van der Waals surface area contributed by atoms with Gasteiger partial charge in [0, 0.05) is 28.2 Å². The predicted octanol–water partition coefficient (Wildman–Crippen LogP) is 4.48. The number of thiocarbonyl (C=S) groups is 2. The Bertz CT molecular complexity index is 619. The van der Waals surface area contributed by atoms with Crippen LogP contribution in [-0.2, 0) is 0 Å². The Labute approximate surface area is 162 Å². The van der Waals surface area contributed by atoms with Gasteiger partial charge in [-0.1, -0.05) is 36.6 Å². The van der Waals surface area contributed by atoms with Gasteiger partial charge < -0.3 is 14.8 Å². The van der Waals surface area contributed by atoms with E-state index in [0.717, 1.165) is 18.1 Å². The molecule has 122 valence electrons. The van der Waals surface area contributed by atoms with Gasteiger partial charge in [0.05, 0.1) is 10.2 Å². The molecule has 1 heterocycles. The maximum absolute atomic E-state index is 5.05. The van der Waals surface area contributed by atoms with Crippen LogP contribution in [0.25, 0.3) is 10.2 Å². The summed E-state index contributed by atoms with van der Waals surface area (Å²) in [5.41, 5.74) is 1.14. The third-order valence-corrected chi connectivity index (χ3v) is 5.76. The van der Waals surface area contributed by atoms with Gasteiger partial charge in [0.2, 0.25) is 0 Å². The number of nitrogens with zero attached hydrogens (tertiary/aromatic N) is 2. The Morgan fingerprint density at radius 2 is 1.55 bits per heavy atom. The minimum absolute atomic E-state index is 0. The number of aromatic amines is 1. The molecule has 22 heavy (non-hydrogen) atoms. The molecule has 0 fully saturated rings. The van der Waals surface area contributed by atoms with E-state index in [2.05, 4.69) is 11.1 Å². The van der Waals surface area contributed by atoms with E-state index in [9.17, 15) is 0 Å². The first-order valence-corrected chi connectivity index (χ1v) is 8.85. The molecule has 0 saturated heterocycles. The van der Waals surface area contributed by atoms with Crippen LogP contribution in [0.4, 0.5) is 0 Å². The highest BCUT2D eigenvalue weighted by Gasteiger charge is 2.05. The molecule has 0 radical (unpaired) electrons. The summed E-state index contributed by atoms with van der Waals surface area (Å²) in [5.74, 6) is 0. The van der Waals surface area contributed by atoms with Crippen molar-refractivity contribution in [3.05, 3.63) is 28.2 Å². The Morgan fingerprint density at radius 3 is 2.00 bits per heavy atom. The average Bonchev–Trinajstić information content (AvgIpc) is 2.79. The molecule has 0 amide bonds. The first kappa shape index (κ1) is 21.8. The fourth-order valence-corrected chi connectivity index (χ4v) is 3.41. The lowest BCUT2D eigenvalue weighted by molar-refractivity contribution is 0.643. The molecule has 0 aliphatic heterocycles. The summed E-state index contributed by atoms with van der Waals surface area (Å²) in [6.07, 6.45) is 0. The summed E-state index contributed by atoms with van der Waals surface area (Å²) in [4.78, 5) is 6.83. The minimum Gasteiger partial charge on any atom is -0.363 e. The molecule has 2 rings (SSSR count). The normalized spacial score (nSPS) is 9.27. The van der Waals surface area contributed by atoms with E-state index < -0.39 is 0 Å². The molecule has 2 aromatic rings. The second kappa shape index (κ2) is 10.6. The van der Waals surface area contributed by atoms with Crippen molar-refractivity contribution >= 4 is 92.1 Å². The maximum atomic E-state index is 5.05. The number of aromatic nitrogens is 1. The van der Waals surface area contributed by atoms with Gasteiger partial charge in [0.1, 0.15) is 8.64 Å². The number of rotatable bonds is 0. The fraction of sp³-hybridized carbons (Fsp3) is 0.308. The van der Waals surface area contributed by atoms with E-state index in [0.29, 0.717) is 0 Å². The van der Waals surface area contributed by atoms with Gasteiger partial charge in [-0.05, 0) is 36.1 Å². The van der Waals surface area contributed by atoms with Crippen molar-refractivity contribution in [2.24, 2.45) is 0 Å². The summed E-state index contributed by atoms with van der Waals surface area (Å²) in [5, 5.41) is 0. The number of para-hydroxylation sites is 1. The second-order valence-corrected chi connectivity index (χ2v) is 8.42. The number of hydrogen-bond donors (Lipinski definition) is 1. The number of fused-ring (bicyclic) bond motifs is 1. The highest BCUT2D eigenvalue weighted by molar-refractivity contribution is 8.37. The van der Waals surface area contributed by atoms with Crippen molar-refractivity contribution < 1.29 is 0 Å². The van der Waals surface area contributed by atoms with Gasteiger partial charge in [-0.15, -0.1) is 11.3 Å². The Kier molecular flexibility index (Phi) is 10.5. The average molecular weight is 410 g/mol. The summed E-state index contributed by atoms with van der Waals surface area (Å²) in [6.45, 7) is 0. The standard InChI is InChI=1S/C7H5NS2.C6H12N2S3.H2S/c9-7-8-5-3-1-2-4-6(5)10-7;1-7(2)5(9)11-6(10)8(3)4;/h1-4H,(H,8,9);1-4H3;1H2. The lowest BCUT2D eigenvalue weighted by Crippen LogP contribution is -2.23. The van der Waals surface area contributed by atoms with Crippen molar-refractivity contribution in [1.82, 2.24) is 14.8 Å². The van der Waals surface area contributed by atoms with Crippen molar-refractivity contribution in [2.75, 3.05) is 28.2 Å². The molecule has 0 aliphatic carbocycles. The molecule has 3 nitrogen and oxygen atoms in total. The summed E-state index contributed by atoms with van der Waals surface area (Å²) in [6, 6.07) is 8.11. The molecular weight excluding hydrogens is 391 g/mol. The van der Waals surface area contributed by atoms with E-state index in [1.165, 1.54) is 16.5 Å². The zero-order valence-corrected chi connectivity index (χ0v) is 17.8. The summed E-state index contributed by atoms with van der Waals surface area (Å²) in [7, 11) is 7.64. The zero-order valence-electron chi connectivity index (χ0n) is 12.7. The van der Waals surface area contributed by atoms with Crippen molar-refractivity contribution in [2.45, 2.75) is 0 Å². The van der Waals surface area contributed by atoms with Crippen LogP contribution in [0.5, 0.6) is 0 Å². The number of thiazole rings is 1. The molecule has 0 spiro atoms. The van der Waals surface area contributed by atoms with Crippen LogP contribution in [0, 0.1) is 3.95 Å². The zero-order chi connectivity index (χ0) is 16.0. The number of H-pyrrole nitrogens is 1. The van der Waals surface area contributed by atoms with Gasteiger partial charge in [0.15, 0.2) is 3.95 Å². The Hall–Kier alpha value is -0.190. The van der Waals surface area contributed by atoms with Crippen molar-refractivity contribution in [3.63, 3.8) is 0 Å². The topological polar surface area (TPSA) is 22.3 Å². The smallest absolute Gasteiger partial charge is 0.159 e. The predicted molar refractivity (Wildman–Crippen MR) is 118 cm³/mol. The molecule has 0 bridgehead atoms. The molecule has 0 atom stereocenters. The van der Waals surface area contributed by atoms with Crippen LogP contribution in [0.3, 0.4) is 0 Å². The van der Waals surface area contributed by atoms with Crippen LogP contribution >= 0.6 is 73.2 Å². The van der Waals surface area contributed by atoms with Gasteiger partial charge in [-0.25, -0.2) is 0 Å². The molecule has 1 aromatic carbocycles. The van der Waals surface area contributed by atoms with Crippen LogP contribution in [0.1, 0.15) is 0 Å². The molecule has 1 N–H and O–H groups in total. The van der Waals surface area contributed by atoms with E-state index in [-0.39, 0.29) is 13.5 Å². The maximum Gasteiger partial charge on any atom is 0.159 e. The van der Waals surface area contributed by atoms with Crippen molar-refractivity contribution in [3.8, 4) is 0 Å². The number of hydrogen-bond acceptors (Lipinski definition) is 5. The van der Waals surface area contributed by atoms with Crippen LogP contribution in [0.15, 0.2) is 24.3 Å². The van der Waals surface area contributed by atoms with Gasteiger partial charge in [-0.3, -0.25) is 0 Å². The monoisotopic (exact) mass is 409 g/mol. The lowest BCUT2D eigenvalue weighted by Gasteiger charge is -2.16. The lowest BCUT2D eigenvalue weighted by atomic mass is 10.3.